The number of unbranched alkanes of at least 4 members (excludes halogenated alkanes) is 1. The van der Waals surface area contributed by atoms with Gasteiger partial charge in [0.25, 0.3) is 11.8 Å². The number of amides is 2. The number of ether oxygens (including phenoxy) is 2. The first kappa shape index (κ1) is 37.0. The predicted molar refractivity (Wildman–Crippen MR) is 144 cm³/mol. The van der Waals surface area contributed by atoms with Crippen LogP contribution in [0.3, 0.4) is 0 Å². The van der Waals surface area contributed by atoms with E-state index in [1.807, 2.05) is 52.8 Å². The topological polar surface area (TPSA) is 108 Å². The van der Waals surface area contributed by atoms with Crippen LogP contribution in [0.4, 0.5) is 5.69 Å². The van der Waals surface area contributed by atoms with Gasteiger partial charge in [-0.3, -0.25) is 15.0 Å². The first-order valence-corrected chi connectivity index (χ1v) is 12.1. The predicted octanol–water partition coefficient (Wildman–Crippen LogP) is 4.29. The molecule has 0 aromatic heterocycles. The summed E-state index contributed by atoms with van der Waals surface area (Å²) < 4.78 is 9.47. The fourth-order valence-corrected chi connectivity index (χ4v) is 2.38. The Kier molecular flexibility index (Phi) is 31.2. The largest absolute Gasteiger partial charge is 0.394 e. The minimum Gasteiger partial charge on any atom is -0.394 e. The minimum absolute atomic E-state index is 0.0278. The lowest BCUT2D eigenvalue weighted by Gasteiger charge is -2.14. The Hall–Kier alpha value is -2.52. The Morgan fingerprint density at radius 1 is 0.943 bits per heavy atom. The molecule has 35 heavy (non-hydrogen) atoms. The summed E-state index contributed by atoms with van der Waals surface area (Å²) in [6.45, 7) is 18.9. The Bertz CT molecular complexity index is 613. The molecule has 1 fully saturated rings. The number of rotatable bonds is 10. The van der Waals surface area contributed by atoms with Gasteiger partial charge in [0, 0.05) is 13.2 Å². The smallest absolute Gasteiger partial charge is 0.258 e. The van der Waals surface area contributed by atoms with Crippen LogP contribution in [-0.2, 0) is 19.1 Å². The summed E-state index contributed by atoms with van der Waals surface area (Å²) in [5.74, 6) is -0.850. The van der Waals surface area contributed by atoms with Crippen molar-refractivity contribution in [3.63, 3.8) is 0 Å². The molecule has 3 N–H and O–H groups in total. The summed E-state index contributed by atoms with van der Waals surface area (Å²) in [5.41, 5.74) is 3.34. The van der Waals surface area contributed by atoms with E-state index >= 15 is 0 Å². The molecule has 1 aromatic rings. The van der Waals surface area contributed by atoms with E-state index in [0.29, 0.717) is 25.3 Å². The van der Waals surface area contributed by atoms with Crippen LogP contribution in [0.2, 0.25) is 0 Å². The second-order valence-corrected chi connectivity index (χ2v) is 6.84. The Balaban J connectivity index is -0.000000471. The highest BCUT2D eigenvalue weighted by Gasteiger charge is 2.39. The first-order valence-electron chi connectivity index (χ1n) is 12.1. The molecule has 1 atom stereocenters. The van der Waals surface area contributed by atoms with Crippen LogP contribution in [-0.4, -0.2) is 61.7 Å². The zero-order valence-electron chi connectivity index (χ0n) is 22.4. The van der Waals surface area contributed by atoms with Gasteiger partial charge in [0.05, 0.1) is 32.1 Å². The lowest BCUT2D eigenvalue weighted by atomic mass is 10.0. The van der Waals surface area contributed by atoms with E-state index in [0.717, 1.165) is 26.1 Å². The van der Waals surface area contributed by atoms with Crippen molar-refractivity contribution in [2.24, 2.45) is 5.92 Å². The van der Waals surface area contributed by atoms with Crippen molar-refractivity contribution in [1.82, 2.24) is 5.43 Å². The third kappa shape index (κ3) is 21.7. The van der Waals surface area contributed by atoms with Crippen LogP contribution >= 0.6 is 0 Å². The maximum Gasteiger partial charge on any atom is 0.258 e. The van der Waals surface area contributed by atoms with E-state index in [2.05, 4.69) is 23.3 Å². The average molecular weight is 497 g/mol. The Labute approximate surface area is 212 Å². The minimum atomic E-state index is -0.518. The lowest BCUT2D eigenvalue weighted by Crippen LogP contribution is -2.35. The molecule has 0 spiro atoms. The van der Waals surface area contributed by atoms with Crippen molar-refractivity contribution >= 4 is 17.5 Å². The van der Waals surface area contributed by atoms with Crippen molar-refractivity contribution in [2.75, 3.05) is 44.7 Å². The molecule has 0 aliphatic carbocycles. The summed E-state index contributed by atoms with van der Waals surface area (Å²) in [4.78, 5) is 23.8. The Morgan fingerprint density at radius 2 is 1.43 bits per heavy atom. The number of para-hydroxylation sites is 1. The van der Waals surface area contributed by atoms with Crippen molar-refractivity contribution in [2.45, 2.75) is 53.9 Å². The standard InChI is InChI=1S/C13H16N2O2.C4H10O3.C4H10O.2C3H6/c1-2-3-9-11-12(16)14-15(13(11)17)10-7-5-4-6-8-10;5-1-3-7-4-2-6;1-3-5-4-2;2*1-3-2/h4-8,11H,2-3,9H2,1H3,(H,14,16);5-6H,1-4H2;3-4H2,1-2H3;2*3H,1H2,2H3. The molecule has 1 saturated heterocycles. The van der Waals surface area contributed by atoms with Crippen molar-refractivity contribution in [1.29, 1.82) is 0 Å². The molecular weight excluding hydrogens is 448 g/mol. The average Bonchev–Trinajstić information content (AvgIpc) is 3.14. The molecule has 1 aliphatic heterocycles. The van der Waals surface area contributed by atoms with Gasteiger partial charge < -0.3 is 19.7 Å². The molecule has 0 radical (unpaired) electrons. The fraction of sp³-hybridized carbons (Fsp3) is 0.556. The van der Waals surface area contributed by atoms with Crippen LogP contribution in [0.1, 0.15) is 53.9 Å². The van der Waals surface area contributed by atoms with Crippen molar-refractivity contribution in [3.05, 3.63) is 55.6 Å². The molecule has 0 saturated carbocycles. The van der Waals surface area contributed by atoms with Gasteiger partial charge in [0.15, 0.2) is 0 Å². The molecule has 8 heteroatoms. The van der Waals surface area contributed by atoms with Gasteiger partial charge in [-0.2, -0.15) is 0 Å². The molecule has 202 valence electrons. The summed E-state index contributed by atoms with van der Waals surface area (Å²) >= 11 is 0. The van der Waals surface area contributed by atoms with Crippen LogP contribution in [0.15, 0.2) is 55.6 Å². The number of nitrogens with zero attached hydrogens (tertiary/aromatic N) is 1. The van der Waals surface area contributed by atoms with E-state index in [1.165, 1.54) is 5.01 Å². The van der Waals surface area contributed by atoms with E-state index in [9.17, 15) is 9.59 Å². The number of aliphatic hydroxyl groups excluding tert-OH is 2. The normalized spacial score (nSPS) is 13.3. The van der Waals surface area contributed by atoms with Gasteiger partial charge >= 0.3 is 0 Å². The van der Waals surface area contributed by atoms with E-state index in [-0.39, 0.29) is 25.0 Å². The summed E-state index contributed by atoms with van der Waals surface area (Å²) in [6, 6.07) is 9.17. The highest BCUT2D eigenvalue weighted by molar-refractivity contribution is 6.14. The molecule has 1 aromatic carbocycles. The number of carbonyl (C=O) groups excluding carboxylic acids is 2. The highest BCUT2D eigenvalue weighted by Crippen LogP contribution is 2.22. The number of carbonyl (C=O) groups is 2. The number of hydrazine groups is 1. The van der Waals surface area contributed by atoms with Crippen molar-refractivity contribution in [3.8, 4) is 0 Å². The Morgan fingerprint density at radius 3 is 1.80 bits per heavy atom. The fourth-order valence-electron chi connectivity index (χ4n) is 2.38. The summed E-state index contributed by atoms with van der Waals surface area (Å²) in [6.07, 6.45) is 6.01. The molecule has 2 rings (SSSR count). The monoisotopic (exact) mass is 496 g/mol. The molecular formula is C27H48N2O6. The maximum atomic E-state index is 12.1. The van der Waals surface area contributed by atoms with Crippen LogP contribution in [0.5, 0.6) is 0 Å². The SMILES string of the molecule is C=CC.C=CC.CCCCC1C(=O)NN(c2ccccc2)C1=O.CCOCC.OCCOCCO. The number of hydrogen-bond acceptors (Lipinski definition) is 6. The number of aliphatic hydroxyl groups is 2. The van der Waals surface area contributed by atoms with Crippen LogP contribution in [0, 0.1) is 5.92 Å². The third-order valence-electron chi connectivity index (χ3n) is 3.80. The van der Waals surface area contributed by atoms with Gasteiger partial charge in [-0.05, 0) is 46.2 Å². The molecule has 2 amide bonds. The summed E-state index contributed by atoms with van der Waals surface area (Å²) in [5, 5.41) is 17.5. The van der Waals surface area contributed by atoms with Gasteiger partial charge in [-0.1, -0.05) is 50.1 Å². The maximum absolute atomic E-state index is 12.1. The highest BCUT2D eigenvalue weighted by atomic mass is 16.5. The number of nitrogens with one attached hydrogen (secondary N) is 1. The lowest BCUT2D eigenvalue weighted by molar-refractivity contribution is -0.127. The zero-order valence-corrected chi connectivity index (χ0v) is 22.4. The zero-order chi connectivity index (χ0) is 27.3. The molecule has 1 unspecified atom stereocenters. The van der Waals surface area contributed by atoms with Crippen LogP contribution < -0.4 is 10.4 Å². The van der Waals surface area contributed by atoms with E-state index in [4.69, 9.17) is 14.9 Å². The number of anilines is 1. The van der Waals surface area contributed by atoms with Gasteiger partial charge in [0.1, 0.15) is 5.92 Å². The molecule has 0 bridgehead atoms. The number of benzene rings is 1. The molecule has 1 aliphatic rings. The van der Waals surface area contributed by atoms with Crippen LogP contribution in [0.25, 0.3) is 0 Å². The number of hydrogen-bond donors (Lipinski definition) is 3. The second kappa shape index (κ2) is 29.5. The van der Waals surface area contributed by atoms with E-state index < -0.39 is 5.92 Å². The molecule has 8 nitrogen and oxygen atoms in total. The van der Waals surface area contributed by atoms with Gasteiger partial charge in [0.2, 0.25) is 0 Å². The van der Waals surface area contributed by atoms with Gasteiger partial charge in [-0.25, -0.2) is 5.01 Å². The summed E-state index contributed by atoms with van der Waals surface area (Å²) in [7, 11) is 0. The van der Waals surface area contributed by atoms with Crippen molar-refractivity contribution < 1.29 is 29.3 Å². The third-order valence-corrected chi connectivity index (χ3v) is 3.80. The second-order valence-electron chi connectivity index (χ2n) is 6.84. The van der Waals surface area contributed by atoms with Gasteiger partial charge in [-0.15, -0.1) is 13.2 Å². The van der Waals surface area contributed by atoms with E-state index in [1.54, 1.807) is 24.3 Å². The first-order chi connectivity index (χ1) is 16.9. The number of allylic oxidation sites excluding steroid dienone is 2. The molecule has 1 heterocycles. The quantitative estimate of drug-likeness (QED) is 0.253.